The molecule has 0 radical (unpaired) electrons. The first-order valence-electron chi connectivity index (χ1n) is 13.2. The van der Waals surface area contributed by atoms with E-state index in [1.807, 2.05) is 11.0 Å². The number of nitrogens with zero attached hydrogens (tertiary/aromatic N) is 2. The van der Waals surface area contributed by atoms with Gasteiger partial charge in [0.25, 0.3) is 0 Å². The Morgan fingerprint density at radius 2 is 2.03 bits per heavy atom. The molecule has 1 spiro atoms. The molecule has 1 N–H and O–H groups in total. The fourth-order valence-corrected chi connectivity index (χ4v) is 8.22. The van der Waals surface area contributed by atoms with Gasteiger partial charge in [-0.05, 0) is 44.9 Å². The third kappa shape index (κ3) is 5.63. The Hall–Kier alpha value is -1.80. The van der Waals surface area contributed by atoms with Crippen molar-refractivity contribution in [1.82, 2.24) is 9.80 Å². The van der Waals surface area contributed by atoms with Crippen molar-refractivity contribution in [3.8, 4) is 0 Å². The molecule has 3 rings (SSSR count). The number of amides is 2. The molecular formula is C27H42N2O5S. The second-order valence-electron chi connectivity index (χ2n) is 9.90. The Kier molecular flexibility index (Phi) is 10.3. The third-order valence-corrected chi connectivity index (χ3v) is 9.55. The molecular weight excluding hydrogens is 464 g/mol. The second-order valence-corrected chi connectivity index (χ2v) is 11.5. The van der Waals surface area contributed by atoms with E-state index in [9.17, 15) is 19.5 Å². The van der Waals surface area contributed by atoms with Crippen LogP contribution in [-0.4, -0.2) is 81.6 Å². The quantitative estimate of drug-likeness (QED) is 0.196. The fourth-order valence-electron chi connectivity index (χ4n) is 6.01. The van der Waals surface area contributed by atoms with E-state index < -0.39 is 22.6 Å². The average molecular weight is 507 g/mol. The number of hydrogen-bond donors (Lipinski definition) is 1. The fraction of sp³-hybridized carbons (Fsp3) is 0.741. The summed E-state index contributed by atoms with van der Waals surface area (Å²) in [6.07, 6.45) is 11.1. The van der Waals surface area contributed by atoms with Crippen LogP contribution in [0.4, 0.5) is 0 Å². The van der Waals surface area contributed by atoms with Crippen LogP contribution in [0.3, 0.4) is 0 Å². The summed E-state index contributed by atoms with van der Waals surface area (Å²) in [7, 11) is 0. The number of fused-ring (bicyclic) bond motifs is 1. The minimum Gasteiger partial charge on any atom is -0.465 e. The molecule has 0 aromatic carbocycles. The van der Waals surface area contributed by atoms with Crippen LogP contribution in [0.2, 0.25) is 0 Å². The highest BCUT2D eigenvalue weighted by molar-refractivity contribution is 8.02. The number of likely N-dealkylation sites (tertiary alicyclic amines) is 1. The van der Waals surface area contributed by atoms with Gasteiger partial charge >= 0.3 is 5.97 Å². The van der Waals surface area contributed by atoms with Crippen LogP contribution in [-0.2, 0) is 19.1 Å². The predicted octanol–water partition coefficient (Wildman–Crippen LogP) is 3.56. The molecule has 3 aliphatic heterocycles. The van der Waals surface area contributed by atoms with E-state index in [0.717, 1.165) is 51.4 Å². The Morgan fingerprint density at radius 3 is 2.71 bits per heavy atom. The first-order chi connectivity index (χ1) is 17.0. The molecule has 2 amide bonds. The maximum absolute atomic E-state index is 14.0. The number of unbranched alkanes of at least 4 members (excludes halogenated alkanes) is 4. The molecule has 2 unspecified atom stereocenters. The van der Waals surface area contributed by atoms with Gasteiger partial charge in [0.05, 0.1) is 23.2 Å². The van der Waals surface area contributed by atoms with E-state index >= 15 is 0 Å². The minimum absolute atomic E-state index is 0.00728. The van der Waals surface area contributed by atoms with Gasteiger partial charge in [-0.1, -0.05) is 31.9 Å². The van der Waals surface area contributed by atoms with Gasteiger partial charge in [-0.15, -0.1) is 24.9 Å². The van der Waals surface area contributed by atoms with Gasteiger partial charge in [0, 0.05) is 31.5 Å². The van der Waals surface area contributed by atoms with Crippen molar-refractivity contribution in [1.29, 1.82) is 0 Å². The molecule has 5 atom stereocenters. The van der Waals surface area contributed by atoms with E-state index in [1.165, 1.54) is 0 Å². The number of carbonyl (C=O) groups is 3. The van der Waals surface area contributed by atoms with E-state index in [1.54, 1.807) is 22.7 Å². The number of hydrogen-bond acceptors (Lipinski definition) is 6. The summed E-state index contributed by atoms with van der Waals surface area (Å²) in [5.41, 5.74) is 0. The van der Waals surface area contributed by atoms with Gasteiger partial charge in [0.1, 0.15) is 6.04 Å². The lowest BCUT2D eigenvalue weighted by Gasteiger charge is -2.37. The first kappa shape index (κ1) is 27.8. The Balaban J connectivity index is 1.84. The zero-order valence-electron chi connectivity index (χ0n) is 21.2. The van der Waals surface area contributed by atoms with Crippen molar-refractivity contribution in [2.75, 3.05) is 32.8 Å². The van der Waals surface area contributed by atoms with Gasteiger partial charge in [0.15, 0.2) is 0 Å². The summed E-state index contributed by atoms with van der Waals surface area (Å²) in [5.74, 6) is -1.54. The van der Waals surface area contributed by atoms with Crippen molar-refractivity contribution in [3.05, 3.63) is 25.3 Å². The number of rotatable bonds is 16. The monoisotopic (exact) mass is 506 g/mol. The van der Waals surface area contributed by atoms with Gasteiger partial charge in [-0.3, -0.25) is 14.4 Å². The molecule has 3 saturated heterocycles. The second kappa shape index (κ2) is 12.9. The molecule has 3 aliphatic rings. The summed E-state index contributed by atoms with van der Waals surface area (Å²) in [4.78, 5) is 44.5. The Labute approximate surface area is 214 Å². The number of carbonyl (C=O) groups excluding carboxylic acids is 3. The molecule has 0 aromatic heterocycles. The van der Waals surface area contributed by atoms with Crippen molar-refractivity contribution in [2.24, 2.45) is 11.8 Å². The summed E-state index contributed by atoms with van der Waals surface area (Å²) in [6, 6.07) is -0.617. The van der Waals surface area contributed by atoms with E-state index in [-0.39, 0.29) is 29.6 Å². The van der Waals surface area contributed by atoms with E-state index in [0.29, 0.717) is 32.7 Å². The normalized spacial score (nSPS) is 28.7. The van der Waals surface area contributed by atoms with Crippen LogP contribution in [0.15, 0.2) is 25.3 Å². The largest absolute Gasteiger partial charge is 0.465 e. The summed E-state index contributed by atoms with van der Waals surface area (Å²) >= 11 is 1.66. The zero-order valence-corrected chi connectivity index (χ0v) is 22.0. The van der Waals surface area contributed by atoms with Crippen LogP contribution < -0.4 is 0 Å². The predicted molar refractivity (Wildman–Crippen MR) is 139 cm³/mol. The average Bonchev–Trinajstić information content (AvgIpc) is 3.49. The molecule has 8 heteroatoms. The smallest absolute Gasteiger partial charge is 0.310 e. The topological polar surface area (TPSA) is 87.2 Å². The van der Waals surface area contributed by atoms with E-state index in [2.05, 4.69) is 20.1 Å². The van der Waals surface area contributed by atoms with Crippen LogP contribution in [0.5, 0.6) is 0 Å². The Bertz CT molecular complexity index is 790. The molecule has 3 fully saturated rings. The summed E-state index contributed by atoms with van der Waals surface area (Å²) in [6.45, 7) is 11.3. The lowest BCUT2D eigenvalue weighted by Crippen LogP contribution is -2.55. The van der Waals surface area contributed by atoms with Crippen molar-refractivity contribution >= 4 is 29.5 Å². The van der Waals surface area contributed by atoms with Crippen LogP contribution in [0.1, 0.15) is 64.7 Å². The van der Waals surface area contributed by atoms with Crippen LogP contribution in [0.25, 0.3) is 0 Å². The van der Waals surface area contributed by atoms with Crippen LogP contribution >= 0.6 is 11.8 Å². The highest BCUT2D eigenvalue weighted by atomic mass is 32.2. The molecule has 3 heterocycles. The van der Waals surface area contributed by atoms with Crippen molar-refractivity contribution < 1.29 is 24.2 Å². The zero-order chi connectivity index (χ0) is 25.4. The number of esters is 1. The van der Waals surface area contributed by atoms with Gasteiger partial charge in [-0.2, -0.15) is 0 Å². The number of aliphatic hydroxyl groups is 1. The SMILES string of the molecule is C=CCCCCOC(=O)[C@@H]1[C@@H]2CCC3(S2)C(C(=O)N(CC=C)CCCCC)N(CCCO)C(=O)[C@H]13. The maximum Gasteiger partial charge on any atom is 0.310 e. The van der Waals surface area contributed by atoms with E-state index in [4.69, 9.17) is 4.74 Å². The summed E-state index contributed by atoms with van der Waals surface area (Å²) in [5, 5.41) is 9.48. The molecule has 2 bridgehead atoms. The first-order valence-corrected chi connectivity index (χ1v) is 14.1. The highest BCUT2D eigenvalue weighted by Gasteiger charge is 2.74. The summed E-state index contributed by atoms with van der Waals surface area (Å²) < 4.78 is 5.03. The number of allylic oxidation sites excluding steroid dienone is 1. The third-order valence-electron chi connectivity index (χ3n) is 7.60. The molecule has 7 nitrogen and oxygen atoms in total. The molecule has 0 aromatic rings. The van der Waals surface area contributed by atoms with Gasteiger partial charge < -0.3 is 19.6 Å². The Morgan fingerprint density at radius 1 is 1.23 bits per heavy atom. The highest BCUT2D eigenvalue weighted by Crippen LogP contribution is 2.66. The maximum atomic E-state index is 14.0. The lowest BCUT2D eigenvalue weighted by atomic mass is 9.71. The number of thioether (sulfide) groups is 1. The lowest BCUT2D eigenvalue weighted by molar-refractivity contribution is -0.154. The number of ether oxygens (including phenoxy) is 1. The van der Waals surface area contributed by atoms with Crippen LogP contribution in [0, 0.1) is 11.8 Å². The van der Waals surface area contributed by atoms with Gasteiger partial charge in [0.2, 0.25) is 11.8 Å². The van der Waals surface area contributed by atoms with Gasteiger partial charge in [-0.25, -0.2) is 0 Å². The van der Waals surface area contributed by atoms with Crippen molar-refractivity contribution in [3.63, 3.8) is 0 Å². The molecule has 0 saturated carbocycles. The number of aliphatic hydroxyl groups excluding tert-OH is 1. The van der Waals surface area contributed by atoms with Crippen molar-refractivity contribution in [2.45, 2.75) is 80.7 Å². The molecule has 35 heavy (non-hydrogen) atoms. The standard InChI is InChI=1S/C27H42N2O5S/c1-4-7-9-11-19-34-26(33)21-20-13-14-27(35-20)22(21)24(31)29(17-12-18-30)23(27)25(32)28(15-6-3)16-10-8-5-2/h4,6,20-23,30H,1,3,5,7-19H2,2H3/t20-,21+,22-,23?,27?/m0/s1. The molecule has 196 valence electrons. The molecule has 0 aliphatic carbocycles. The minimum atomic E-state index is -0.617.